The number of hydrogen-bond donors (Lipinski definition) is 2. The summed E-state index contributed by atoms with van der Waals surface area (Å²) in [6.07, 6.45) is 2.61. The van der Waals surface area contributed by atoms with Crippen molar-refractivity contribution >= 4 is 17.5 Å². The van der Waals surface area contributed by atoms with Crippen molar-refractivity contribution in [3.05, 3.63) is 77.3 Å². The van der Waals surface area contributed by atoms with Gasteiger partial charge in [-0.2, -0.15) is 4.79 Å². The molecule has 100 valence electrons. The van der Waals surface area contributed by atoms with Gasteiger partial charge in [-0.15, -0.1) is 0 Å². The summed E-state index contributed by atoms with van der Waals surface area (Å²) in [6.45, 7) is 0. The Hall–Kier alpha value is -2.68. The van der Waals surface area contributed by atoms with Crippen LogP contribution < -0.4 is 5.73 Å². The van der Waals surface area contributed by atoms with Crippen LogP contribution in [0.1, 0.15) is 17.2 Å². The summed E-state index contributed by atoms with van der Waals surface area (Å²) in [7, 11) is 0. The minimum absolute atomic E-state index is 0.277. The number of aliphatic hydroxyl groups excluding tert-OH is 1. The number of rotatable bonds is 0. The molecule has 0 fully saturated rings. The molecule has 4 nitrogen and oxygen atoms in total. The summed E-state index contributed by atoms with van der Waals surface area (Å²) in [5.41, 5.74) is 16.8. The monoisotopic (exact) mass is 265 g/mol. The zero-order chi connectivity index (χ0) is 14.4. The van der Waals surface area contributed by atoms with Crippen molar-refractivity contribution in [3.63, 3.8) is 0 Å². The number of nitrogen functional groups attached to an aromatic ring is 1. The first-order valence-electron chi connectivity index (χ1n) is 6.20. The third-order valence-corrected chi connectivity index (χ3v) is 2.92. The van der Waals surface area contributed by atoms with Gasteiger partial charge in [-0.1, -0.05) is 42.5 Å². The molecule has 0 spiro atoms. The Morgan fingerprint density at radius 1 is 0.950 bits per heavy atom. The Bertz CT molecular complexity index is 658. The molecule has 0 radical (unpaired) electrons. The maximum atomic E-state index is 9.68. The minimum Gasteiger partial charge on any atom is -0.399 e. The first kappa shape index (κ1) is 13.7. The Balaban J connectivity index is 0.000000178. The molecule has 0 heterocycles. The molecule has 1 aliphatic rings. The van der Waals surface area contributed by atoms with E-state index >= 15 is 0 Å². The van der Waals surface area contributed by atoms with E-state index in [4.69, 9.17) is 11.3 Å². The van der Waals surface area contributed by atoms with E-state index in [1.807, 2.05) is 60.7 Å². The van der Waals surface area contributed by atoms with Crippen molar-refractivity contribution in [2.24, 2.45) is 0 Å². The van der Waals surface area contributed by atoms with Crippen LogP contribution in [0.3, 0.4) is 0 Å². The summed E-state index contributed by atoms with van der Waals surface area (Å²) < 4.78 is 0. The van der Waals surface area contributed by atoms with Gasteiger partial charge in [-0.25, -0.2) is 0 Å². The van der Waals surface area contributed by atoms with Crippen molar-refractivity contribution in [2.45, 2.75) is 6.10 Å². The molecule has 1 unspecified atom stereocenters. The van der Waals surface area contributed by atoms with Crippen molar-refractivity contribution < 1.29 is 9.90 Å². The van der Waals surface area contributed by atoms with Crippen LogP contribution in [0.15, 0.2) is 60.7 Å². The van der Waals surface area contributed by atoms with Crippen LogP contribution in [0.5, 0.6) is 0 Å². The van der Waals surface area contributed by atoms with Gasteiger partial charge in [-0.05, 0) is 29.3 Å². The minimum atomic E-state index is -0.814. The van der Waals surface area contributed by atoms with Crippen LogP contribution >= 0.6 is 0 Å². The highest BCUT2D eigenvalue weighted by molar-refractivity contribution is 6.01. The fraction of sp³-hybridized carbons (Fsp3) is 0.0625. The number of fused-ring (bicyclic) bond motifs is 1. The van der Waals surface area contributed by atoms with Crippen molar-refractivity contribution in [1.29, 1.82) is 0 Å². The van der Waals surface area contributed by atoms with Crippen LogP contribution in [0.4, 0.5) is 5.69 Å². The van der Waals surface area contributed by atoms with E-state index in [2.05, 4.69) is 4.79 Å². The fourth-order valence-corrected chi connectivity index (χ4v) is 1.88. The standard InChI is InChI=1S/C10H8N2O.C6H7N/c11-12-9-6-5-7-3-1-2-4-8(7)10(9)13;7-6-4-2-1-3-5-6/h1-6,10,13H;1-5H,7H2. The quantitative estimate of drug-likeness (QED) is 0.436. The zero-order valence-electron chi connectivity index (χ0n) is 10.8. The molecule has 0 bridgehead atoms. The van der Waals surface area contributed by atoms with Gasteiger partial charge in [-0.3, -0.25) is 0 Å². The smallest absolute Gasteiger partial charge is 0.324 e. The van der Waals surface area contributed by atoms with Crippen molar-refractivity contribution in [3.8, 4) is 0 Å². The van der Waals surface area contributed by atoms with Gasteiger partial charge in [0, 0.05) is 11.8 Å². The lowest BCUT2D eigenvalue weighted by molar-refractivity contribution is -0.0188. The largest absolute Gasteiger partial charge is 0.399 e. The van der Waals surface area contributed by atoms with Gasteiger partial charge < -0.3 is 16.4 Å². The topological polar surface area (TPSA) is 82.7 Å². The molecule has 20 heavy (non-hydrogen) atoms. The Labute approximate surface area is 117 Å². The molecule has 4 heteroatoms. The summed E-state index contributed by atoms with van der Waals surface area (Å²) in [6, 6.07) is 17.0. The van der Waals surface area contributed by atoms with Crippen LogP contribution in [0.25, 0.3) is 11.6 Å². The van der Waals surface area contributed by atoms with E-state index in [-0.39, 0.29) is 5.71 Å². The number of nitrogens with zero attached hydrogens (tertiary/aromatic N) is 2. The normalized spacial score (nSPS) is 15.7. The van der Waals surface area contributed by atoms with E-state index in [0.717, 1.165) is 16.8 Å². The molecule has 1 aliphatic carbocycles. The molecule has 0 aromatic heterocycles. The second kappa shape index (κ2) is 6.48. The second-order valence-corrected chi connectivity index (χ2v) is 4.30. The number of benzene rings is 2. The van der Waals surface area contributed by atoms with E-state index < -0.39 is 6.10 Å². The SMILES string of the molecule is Nc1ccccc1.[N-]=[N+]=C1C=Cc2ccccc2C1O. The molecule has 0 saturated heterocycles. The molecule has 3 N–H and O–H groups in total. The molecule has 0 amide bonds. The molecule has 2 aromatic carbocycles. The predicted octanol–water partition coefficient (Wildman–Crippen LogP) is 2.69. The number of aliphatic hydroxyl groups is 1. The molecule has 2 aromatic rings. The van der Waals surface area contributed by atoms with Crippen LogP contribution in [0, 0.1) is 0 Å². The lowest BCUT2D eigenvalue weighted by atomic mass is 9.94. The third-order valence-electron chi connectivity index (χ3n) is 2.92. The molecular formula is C16H15N3O. The van der Waals surface area contributed by atoms with Crippen molar-refractivity contribution in [1.82, 2.24) is 0 Å². The maximum Gasteiger partial charge on any atom is 0.324 e. The highest BCUT2D eigenvalue weighted by Crippen LogP contribution is 2.24. The average molecular weight is 265 g/mol. The molecule has 0 saturated carbocycles. The number of anilines is 1. The zero-order valence-corrected chi connectivity index (χ0v) is 10.8. The van der Waals surface area contributed by atoms with Gasteiger partial charge in [0.15, 0.2) is 6.10 Å². The molecular weight excluding hydrogens is 250 g/mol. The Morgan fingerprint density at radius 2 is 1.60 bits per heavy atom. The second-order valence-electron chi connectivity index (χ2n) is 4.30. The van der Waals surface area contributed by atoms with Gasteiger partial charge in [0.05, 0.1) is 0 Å². The van der Waals surface area contributed by atoms with E-state index in [0.29, 0.717) is 0 Å². The van der Waals surface area contributed by atoms with Crippen LogP contribution in [-0.4, -0.2) is 15.6 Å². The van der Waals surface area contributed by atoms with Gasteiger partial charge in [0.2, 0.25) is 0 Å². The summed E-state index contributed by atoms with van der Waals surface area (Å²) in [5.74, 6) is 0. The maximum absolute atomic E-state index is 9.68. The van der Waals surface area contributed by atoms with E-state index in [1.165, 1.54) is 0 Å². The van der Waals surface area contributed by atoms with Crippen LogP contribution in [-0.2, 0) is 0 Å². The first-order valence-corrected chi connectivity index (χ1v) is 6.20. The lowest BCUT2D eigenvalue weighted by Gasteiger charge is -2.12. The Kier molecular flexibility index (Phi) is 4.45. The highest BCUT2D eigenvalue weighted by Gasteiger charge is 2.25. The van der Waals surface area contributed by atoms with E-state index in [1.54, 1.807) is 6.08 Å². The van der Waals surface area contributed by atoms with Crippen LogP contribution in [0.2, 0.25) is 0 Å². The summed E-state index contributed by atoms with van der Waals surface area (Å²) in [5, 5.41) is 9.68. The van der Waals surface area contributed by atoms with Gasteiger partial charge in [0.1, 0.15) is 0 Å². The van der Waals surface area contributed by atoms with E-state index in [9.17, 15) is 5.11 Å². The number of nitrogens with two attached hydrogens (primary N) is 1. The number of para-hydroxylation sites is 1. The third kappa shape index (κ3) is 3.20. The lowest BCUT2D eigenvalue weighted by Crippen LogP contribution is -2.14. The molecule has 1 atom stereocenters. The molecule has 0 aliphatic heterocycles. The number of hydrogen-bond acceptors (Lipinski definition) is 2. The van der Waals surface area contributed by atoms with Gasteiger partial charge in [0.25, 0.3) is 0 Å². The first-order chi connectivity index (χ1) is 9.72. The summed E-state index contributed by atoms with van der Waals surface area (Å²) in [4.78, 5) is 3.01. The van der Waals surface area contributed by atoms with Crippen molar-refractivity contribution in [2.75, 3.05) is 5.73 Å². The predicted molar refractivity (Wildman–Crippen MR) is 79.9 cm³/mol. The highest BCUT2D eigenvalue weighted by atomic mass is 16.3. The summed E-state index contributed by atoms with van der Waals surface area (Å²) >= 11 is 0. The Morgan fingerprint density at radius 3 is 2.20 bits per heavy atom. The molecule has 3 rings (SSSR count). The average Bonchev–Trinajstić information content (AvgIpc) is 2.49. The fourth-order valence-electron chi connectivity index (χ4n) is 1.88. The van der Waals surface area contributed by atoms with Gasteiger partial charge >= 0.3 is 5.71 Å².